The first-order chi connectivity index (χ1) is 9.70. The highest BCUT2D eigenvalue weighted by atomic mass is 32.3. The van der Waals surface area contributed by atoms with Crippen LogP contribution in [0.4, 0.5) is 3.89 Å². The Labute approximate surface area is 125 Å². The molecule has 0 aliphatic heterocycles. The first kappa shape index (κ1) is 18.0. The Kier molecular flexibility index (Phi) is 6.26. The summed E-state index contributed by atoms with van der Waals surface area (Å²) in [5.74, 6) is 0. The number of nitrogens with one attached hydrogen (secondary N) is 1. The van der Waals surface area contributed by atoms with E-state index in [0.717, 1.165) is 25.2 Å². The highest BCUT2D eigenvalue weighted by Crippen LogP contribution is 2.17. The van der Waals surface area contributed by atoms with Crippen molar-refractivity contribution in [1.82, 2.24) is 9.62 Å². The maximum absolute atomic E-state index is 12.9. The number of hydrogen-bond donors (Lipinski definition) is 1. The Balaban J connectivity index is 2.84. The van der Waals surface area contributed by atoms with E-state index >= 15 is 0 Å². The molecule has 0 aliphatic rings. The molecule has 0 heterocycles. The number of benzene rings is 1. The standard InChI is InChI=1S/C12H19FN2O4S2/c1-3-15(4-2)9-8-14-21(18,19)12-7-5-6-11(10-12)20(13,16)17/h5-7,10,14H,3-4,8-9H2,1-2H3. The van der Waals surface area contributed by atoms with Crippen molar-refractivity contribution in [3.8, 4) is 0 Å². The van der Waals surface area contributed by atoms with Crippen molar-refractivity contribution in [1.29, 1.82) is 0 Å². The lowest BCUT2D eigenvalue weighted by Gasteiger charge is -2.18. The van der Waals surface area contributed by atoms with Gasteiger partial charge in [-0.05, 0) is 31.3 Å². The summed E-state index contributed by atoms with van der Waals surface area (Å²) in [7, 11) is -8.79. The van der Waals surface area contributed by atoms with Crippen LogP contribution in [0.25, 0.3) is 0 Å². The van der Waals surface area contributed by atoms with Crippen molar-refractivity contribution in [2.24, 2.45) is 0 Å². The predicted octanol–water partition coefficient (Wildman–Crippen LogP) is 0.965. The normalized spacial score (nSPS) is 12.8. The van der Waals surface area contributed by atoms with Crippen LogP contribution in [0, 0.1) is 0 Å². The lowest BCUT2D eigenvalue weighted by atomic mass is 10.4. The van der Waals surface area contributed by atoms with Crippen LogP contribution >= 0.6 is 0 Å². The van der Waals surface area contributed by atoms with E-state index in [1.807, 2.05) is 18.7 Å². The van der Waals surface area contributed by atoms with Gasteiger partial charge in [-0.15, -0.1) is 3.89 Å². The minimum absolute atomic E-state index is 0.191. The molecule has 9 heteroatoms. The van der Waals surface area contributed by atoms with Gasteiger partial charge in [0.05, 0.1) is 9.79 Å². The summed E-state index contributed by atoms with van der Waals surface area (Å²) in [4.78, 5) is 1.08. The van der Waals surface area contributed by atoms with Crippen LogP contribution in [-0.4, -0.2) is 47.9 Å². The fourth-order valence-corrected chi connectivity index (χ4v) is 3.40. The van der Waals surface area contributed by atoms with Gasteiger partial charge in [0.25, 0.3) is 0 Å². The van der Waals surface area contributed by atoms with Crippen molar-refractivity contribution in [2.45, 2.75) is 23.6 Å². The molecule has 0 unspecified atom stereocenters. The van der Waals surface area contributed by atoms with E-state index in [4.69, 9.17) is 0 Å². The van der Waals surface area contributed by atoms with E-state index in [0.29, 0.717) is 6.54 Å². The van der Waals surface area contributed by atoms with Crippen molar-refractivity contribution in [3.05, 3.63) is 24.3 Å². The van der Waals surface area contributed by atoms with E-state index in [-0.39, 0.29) is 11.4 Å². The van der Waals surface area contributed by atoms with Gasteiger partial charge in [-0.1, -0.05) is 19.9 Å². The smallest absolute Gasteiger partial charge is 0.303 e. The van der Waals surface area contributed by atoms with Crippen LogP contribution in [0.5, 0.6) is 0 Å². The summed E-state index contributed by atoms with van der Waals surface area (Å²) < 4.78 is 60.9. The van der Waals surface area contributed by atoms with Crippen molar-refractivity contribution in [2.75, 3.05) is 26.2 Å². The zero-order valence-electron chi connectivity index (χ0n) is 11.9. The Hall–Kier alpha value is -1.03. The van der Waals surface area contributed by atoms with E-state index in [2.05, 4.69) is 4.72 Å². The second-order valence-electron chi connectivity index (χ2n) is 4.34. The highest BCUT2D eigenvalue weighted by Gasteiger charge is 2.18. The average molecular weight is 338 g/mol. The molecule has 0 amide bonds. The Morgan fingerprint density at radius 2 is 1.67 bits per heavy atom. The van der Waals surface area contributed by atoms with Gasteiger partial charge >= 0.3 is 10.2 Å². The molecule has 1 rings (SSSR count). The van der Waals surface area contributed by atoms with Gasteiger partial charge in [-0.25, -0.2) is 13.1 Å². The van der Waals surface area contributed by atoms with Gasteiger partial charge in [0.1, 0.15) is 0 Å². The van der Waals surface area contributed by atoms with E-state index in [9.17, 15) is 20.7 Å². The van der Waals surface area contributed by atoms with Gasteiger partial charge in [0.15, 0.2) is 0 Å². The quantitative estimate of drug-likeness (QED) is 0.714. The number of nitrogens with zero attached hydrogens (tertiary/aromatic N) is 1. The summed E-state index contributed by atoms with van der Waals surface area (Å²) in [6, 6.07) is 4.21. The molecular weight excluding hydrogens is 319 g/mol. The molecular formula is C12H19FN2O4S2. The fourth-order valence-electron chi connectivity index (χ4n) is 1.75. The second kappa shape index (κ2) is 7.30. The maximum atomic E-state index is 12.9. The molecule has 120 valence electrons. The number of rotatable bonds is 8. The SMILES string of the molecule is CCN(CC)CCNS(=O)(=O)c1cccc(S(=O)(=O)F)c1. The van der Waals surface area contributed by atoms with Crippen LogP contribution in [0.1, 0.15) is 13.8 Å². The third-order valence-corrected chi connectivity index (χ3v) is 5.29. The highest BCUT2D eigenvalue weighted by molar-refractivity contribution is 7.89. The molecule has 1 aromatic rings. The summed E-state index contributed by atoms with van der Waals surface area (Å²) in [5.41, 5.74) is 0. The molecule has 1 aromatic carbocycles. The Morgan fingerprint density at radius 1 is 1.10 bits per heavy atom. The lowest BCUT2D eigenvalue weighted by Crippen LogP contribution is -2.34. The van der Waals surface area contributed by atoms with Gasteiger partial charge in [0.2, 0.25) is 10.0 Å². The molecule has 0 fully saturated rings. The molecule has 0 spiro atoms. The average Bonchev–Trinajstić information content (AvgIpc) is 2.43. The number of likely N-dealkylation sites (N-methyl/N-ethyl adjacent to an activating group) is 1. The fraction of sp³-hybridized carbons (Fsp3) is 0.500. The molecule has 0 atom stereocenters. The maximum Gasteiger partial charge on any atom is 0.332 e. The summed E-state index contributed by atoms with van der Waals surface area (Å²) >= 11 is 0. The van der Waals surface area contributed by atoms with E-state index < -0.39 is 25.1 Å². The van der Waals surface area contributed by atoms with E-state index in [1.54, 1.807) is 0 Å². The van der Waals surface area contributed by atoms with Crippen LogP contribution < -0.4 is 4.72 Å². The first-order valence-corrected chi connectivity index (χ1v) is 9.34. The van der Waals surface area contributed by atoms with Crippen molar-refractivity contribution < 1.29 is 20.7 Å². The molecule has 21 heavy (non-hydrogen) atoms. The summed E-state index contributed by atoms with van der Waals surface area (Å²) in [6.45, 7) is 6.26. The molecule has 0 radical (unpaired) electrons. The van der Waals surface area contributed by atoms with Gasteiger partial charge in [-0.2, -0.15) is 8.42 Å². The lowest BCUT2D eigenvalue weighted by molar-refractivity contribution is 0.309. The third kappa shape index (κ3) is 5.34. The molecule has 1 N–H and O–H groups in total. The number of hydrogen-bond acceptors (Lipinski definition) is 5. The largest absolute Gasteiger partial charge is 0.332 e. The van der Waals surface area contributed by atoms with Crippen molar-refractivity contribution in [3.63, 3.8) is 0 Å². The van der Waals surface area contributed by atoms with Gasteiger partial charge < -0.3 is 4.90 Å². The molecule has 6 nitrogen and oxygen atoms in total. The molecule has 0 aromatic heterocycles. The Bertz CT molecular complexity index is 670. The molecule has 0 saturated heterocycles. The van der Waals surface area contributed by atoms with Crippen LogP contribution in [0.3, 0.4) is 0 Å². The number of sulfonamides is 1. The summed E-state index contributed by atoms with van der Waals surface area (Å²) in [6.07, 6.45) is 0. The zero-order chi connectivity index (χ0) is 16.1. The topological polar surface area (TPSA) is 83.6 Å². The summed E-state index contributed by atoms with van der Waals surface area (Å²) in [5, 5.41) is 0. The zero-order valence-corrected chi connectivity index (χ0v) is 13.5. The van der Waals surface area contributed by atoms with Gasteiger partial charge in [-0.3, -0.25) is 0 Å². The third-order valence-electron chi connectivity index (χ3n) is 3.01. The first-order valence-electron chi connectivity index (χ1n) is 6.47. The molecule has 0 aliphatic carbocycles. The van der Waals surface area contributed by atoms with Gasteiger partial charge in [0, 0.05) is 13.1 Å². The Morgan fingerprint density at radius 3 is 2.19 bits per heavy atom. The monoisotopic (exact) mass is 338 g/mol. The minimum atomic E-state index is -4.93. The van der Waals surface area contributed by atoms with Crippen LogP contribution in [0.2, 0.25) is 0 Å². The number of halogens is 1. The van der Waals surface area contributed by atoms with Crippen LogP contribution in [0.15, 0.2) is 34.1 Å². The second-order valence-corrected chi connectivity index (χ2v) is 7.45. The molecule has 0 bridgehead atoms. The molecule has 0 saturated carbocycles. The predicted molar refractivity (Wildman–Crippen MR) is 77.7 cm³/mol. The van der Waals surface area contributed by atoms with Crippen molar-refractivity contribution >= 4 is 20.2 Å². The minimum Gasteiger partial charge on any atom is -0.303 e. The van der Waals surface area contributed by atoms with E-state index in [1.165, 1.54) is 12.1 Å². The van der Waals surface area contributed by atoms with Crippen LogP contribution in [-0.2, 0) is 20.2 Å².